The lowest BCUT2D eigenvalue weighted by molar-refractivity contribution is 0.0691. The zero-order valence-corrected chi connectivity index (χ0v) is 11.9. The predicted molar refractivity (Wildman–Crippen MR) is 68.4 cm³/mol. The zero-order valence-electron chi connectivity index (χ0n) is 11.1. The Bertz CT molecular complexity index is 661. The Morgan fingerprint density at radius 3 is 2.32 bits per heavy atom. The molecule has 0 spiro atoms. The maximum Gasteiger partial charge on any atom is 0.340 e. The first kappa shape index (κ1) is 15.3. The van der Waals surface area contributed by atoms with Crippen LogP contribution in [0.5, 0.6) is 0 Å². The van der Waals surface area contributed by atoms with Crippen molar-refractivity contribution >= 4 is 16.0 Å². The number of hydrogen-bond acceptors (Lipinski definition) is 4. The molecule has 19 heavy (non-hydrogen) atoms. The molecule has 0 fully saturated rings. The van der Waals surface area contributed by atoms with Gasteiger partial charge in [0.15, 0.2) is 0 Å². The lowest BCUT2D eigenvalue weighted by atomic mass is 10.1. The highest BCUT2D eigenvalue weighted by Gasteiger charge is 2.33. The first-order valence-electron chi connectivity index (χ1n) is 5.37. The predicted octanol–water partition coefficient (Wildman–Crippen LogP) is 1.28. The Hall–Kier alpha value is -1.78. The van der Waals surface area contributed by atoms with Gasteiger partial charge in [0.1, 0.15) is 22.0 Å². The summed E-state index contributed by atoms with van der Waals surface area (Å²) >= 11 is 0. The monoisotopic (exact) mass is 285 g/mol. The number of nitrogens with one attached hydrogen (secondary N) is 1. The Kier molecular flexibility index (Phi) is 3.79. The smallest absolute Gasteiger partial charge is 0.340 e. The van der Waals surface area contributed by atoms with Crippen molar-refractivity contribution in [1.29, 1.82) is 0 Å². The van der Waals surface area contributed by atoms with Crippen LogP contribution in [0, 0.1) is 26.2 Å². The molecule has 104 valence electrons. The van der Waals surface area contributed by atoms with Gasteiger partial charge < -0.3 is 9.52 Å². The number of sulfonamides is 1. The Labute approximate surface area is 111 Å². The summed E-state index contributed by atoms with van der Waals surface area (Å²) in [7, 11) is -4.08. The molecule has 0 amide bonds. The highest BCUT2D eigenvalue weighted by molar-refractivity contribution is 7.89. The number of carbonyl (C=O) groups is 1. The number of hydrogen-bond donors (Lipinski definition) is 2. The van der Waals surface area contributed by atoms with E-state index in [1.54, 1.807) is 0 Å². The number of aryl methyl sites for hydroxylation is 2. The molecule has 0 saturated carbocycles. The highest BCUT2D eigenvalue weighted by atomic mass is 32.2. The maximum atomic E-state index is 12.2. The molecule has 6 nitrogen and oxygen atoms in total. The summed E-state index contributed by atoms with van der Waals surface area (Å²) in [6, 6.07) is 0. The SMILES string of the molecule is C#CC(C)(C)NS(=O)(=O)c1c(C)oc(C)c1C(=O)O. The van der Waals surface area contributed by atoms with Crippen LogP contribution in [-0.4, -0.2) is 25.0 Å². The van der Waals surface area contributed by atoms with E-state index in [-0.39, 0.29) is 22.0 Å². The van der Waals surface area contributed by atoms with Gasteiger partial charge in [0.25, 0.3) is 0 Å². The van der Waals surface area contributed by atoms with E-state index in [4.69, 9.17) is 15.9 Å². The molecule has 0 bridgehead atoms. The van der Waals surface area contributed by atoms with Crippen molar-refractivity contribution in [2.75, 3.05) is 0 Å². The van der Waals surface area contributed by atoms with Crippen molar-refractivity contribution in [3.63, 3.8) is 0 Å². The molecule has 1 aromatic rings. The Morgan fingerprint density at radius 1 is 1.37 bits per heavy atom. The minimum absolute atomic E-state index is 0.00946. The van der Waals surface area contributed by atoms with Crippen LogP contribution in [0.4, 0.5) is 0 Å². The van der Waals surface area contributed by atoms with Gasteiger partial charge in [0.2, 0.25) is 10.0 Å². The molecule has 0 radical (unpaired) electrons. The molecule has 1 heterocycles. The van der Waals surface area contributed by atoms with Gasteiger partial charge in [0.05, 0.1) is 5.54 Å². The summed E-state index contributed by atoms with van der Waals surface area (Å²) in [6.07, 6.45) is 5.22. The number of carboxylic acids is 1. The molecule has 0 aliphatic rings. The maximum absolute atomic E-state index is 12.2. The molecule has 0 aliphatic carbocycles. The second-order valence-corrected chi connectivity index (χ2v) is 6.22. The number of carboxylic acid groups (broad SMARTS) is 1. The summed E-state index contributed by atoms with van der Waals surface area (Å²) in [6.45, 7) is 5.76. The van der Waals surface area contributed by atoms with Crippen LogP contribution in [-0.2, 0) is 10.0 Å². The van der Waals surface area contributed by atoms with Gasteiger partial charge in [-0.25, -0.2) is 13.2 Å². The van der Waals surface area contributed by atoms with Crippen molar-refractivity contribution in [2.45, 2.75) is 38.1 Å². The van der Waals surface area contributed by atoms with E-state index in [2.05, 4.69) is 10.6 Å². The average Bonchev–Trinajstić information content (AvgIpc) is 2.52. The second kappa shape index (κ2) is 4.72. The molecule has 1 rings (SSSR count). The van der Waals surface area contributed by atoms with Crippen LogP contribution in [0.2, 0.25) is 0 Å². The quantitative estimate of drug-likeness (QED) is 0.812. The average molecular weight is 285 g/mol. The van der Waals surface area contributed by atoms with Crippen LogP contribution >= 0.6 is 0 Å². The largest absolute Gasteiger partial charge is 0.478 e. The first-order valence-corrected chi connectivity index (χ1v) is 6.85. The lowest BCUT2D eigenvalue weighted by Crippen LogP contribution is -2.42. The van der Waals surface area contributed by atoms with Gasteiger partial charge in [-0.1, -0.05) is 5.92 Å². The van der Waals surface area contributed by atoms with Gasteiger partial charge in [-0.2, -0.15) is 4.72 Å². The van der Waals surface area contributed by atoms with Crippen molar-refractivity contribution in [1.82, 2.24) is 4.72 Å². The van der Waals surface area contributed by atoms with Crippen molar-refractivity contribution in [3.8, 4) is 12.3 Å². The van der Waals surface area contributed by atoms with Crippen LogP contribution in [0.25, 0.3) is 0 Å². The molecular weight excluding hydrogens is 270 g/mol. The van der Waals surface area contributed by atoms with E-state index < -0.39 is 21.5 Å². The molecule has 0 aromatic carbocycles. The van der Waals surface area contributed by atoms with Crippen molar-refractivity contribution < 1.29 is 22.7 Å². The first-order chi connectivity index (χ1) is 8.52. The summed E-state index contributed by atoms with van der Waals surface area (Å²) in [4.78, 5) is 10.8. The Morgan fingerprint density at radius 2 is 1.89 bits per heavy atom. The van der Waals surface area contributed by atoms with Gasteiger partial charge in [-0.3, -0.25) is 0 Å². The molecule has 0 atom stereocenters. The fourth-order valence-corrected chi connectivity index (χ4v) is 3.40. The van der Waals surface area contributed by atoms with Crippen LogP contribution < -0.4 is 4.72 Å². The standard InChI is InChI=1S/C12H15NO5S/c1-6-12(4,5)13-19(16,17)10-8(3)18-7(2)9(10)11(14)15/h1,13H,2-5H3,(H,14,15). The van der Waals surface area contributed by atoms with Gasteiger partial charge >= 0.3 is 5.97 Å². The van der Waals surface area contributed by atoms with E-state index >= 15 is 0 Å². The molecule has 0 unspecified atom stereocenters. The molecule has 1 aromatic heterocycles. The third-order valence-electron chi connectivity index (χ3n) is 2.44. The highest BCUT2D eigenvalue weighted by Crippen LogP contribution is 2.27. The van der Waals surface area contributed by atoms with Crippen LogP contribution in [0.15, 0.2) is 9.31 Å². The fourth-order valence-electron chi connectivity index (χ4n) is 1.65. The molecule has 7 heteroatoms. The summed E-state index contributed by atoms with van der Waals surface area (Å²) in [5, 5.41) is 9.09. The van der Waals surface area contributed by atoms with E-state index in [0.29, 0.717) is 0 Å². The topological polar surface area (TPSA) is 96.6 Å². The van der Waals surface area contributed by atoms with E-state index in [1.807, 2.05) is 0 Å². The normalized spacial score (nSPS) is 12.2. The summed E-state index contributed by atoms with van der Waals surface area (Å²) < 4.78 is 31.8. The Balaban J connectivity index is 3.47. The molecule has 0 saturated heterocycles. The van der Waals surface area contributed by atoms with Crippen molar-refractivity contribution in [2.24, 2.45) is 0 Å². The number of rotatable bonds is 4. The van der Waals surface area contributed by atoms with E-state index in [1.165, 1.54) is 27.7 Å². The number of furan rings is 1. The third-order valence-corrected chi connectivity index (χ3v) is 4.25. The van der Waals surface area contributed by atoms with Crippen LogP contribution in [0.1, 0.15) is 35.7 Å². The molecular formula is C12H15NO5S. The minimum Gasteiger partial charge on any atom is -0.478 e. The lowest BCUT2D eigenvalue weighted by Gasteiger charge is -2.19. The van der Waals surface area contributed by atoms with Gasteiger partial charge in [0, 0.05) is 0 Å². The number of aromatic carboxylic acids is 1. The molecule has 2 N–H and O–H groups in total. The second-order valence-electron chi connectivity index (χ2n) is 4.60. The molecule has 0 aliphatic heterocycles. The fraction of sp³-hybridized carbons (Fsp3) is 0.417. The number of terminal acetylenes is 1. The van der Waals surface area contributed by atoms with Gasteiger partial charge in [-0.15, -0.1) is 6.42 Å². The zero-order chi connectivity index (χ0) is 15.0. The van der Waals surface area contributed by atoms with Gasteiger partial charge in [-0.05, 0) is 27.7 Å². The van der Waals surface area contributed by atoms with E-state index in [9.17, 15) is 13.2 Å². The van der Waals surface area contributed by atoms with Crippen LogP contribution in [0.3, 0.4) is 0 Å². The summed E-state index contributed by atoms with van der Waals surface area (Å²) in [5.74, 6) is 0.947. The minimum atomic E-state index is -4.08. The van der Waals surface area contributed by atoms with E-state index in [0.717, 1.165) is 0 Å². The summed E-state index contributed by atoms with van der Waals surface area (Å²) in [5.41, 5.74) is -1.51. The van der Waals surface area contributed by atoms with Crippen molar-refractivity contribution in [3.05, 3.63) is 17.1 Å². The third kappa shape index (κ3) is 2.97.